The number of allylic oxidation sites excluding steroid dienone is 4. The highest BCUT2D eigenvalue weighted by Crippen LogP contribution is 2.25. The lowest BCUT2D eigenvalue weighted by molar-refractivity contribution is 0.142. The maximum Gasteiger partial charge on any atom is 0.412 e. The first-order valence-electron chi connectivity index (χ1n) is 9.17. The van der Waals surface area contributed by atoms with Crippen LogP contribution in [0.25, 0.3) is 6.08 Å². The maximum atomic E-state index is 11.8. The molecule has 2 rings (SSSR count). The van der Waals surface area contributed by atoms with Gasteiger partial charge in [0, 0.05) is 30.1 Å². The Balaban J connectivity index is 2.19. The molecule has 150 valence electrons. The van der Waals surface area contributed by atoms with Gasteiger partial charge in [0.05, 0.1) is 18.8 Å². The number of nitriles is 1. The van der Waals surface area contributed by atoms with E-state index in [1.54, 1.807) is 39.3 Å². The molecule has 0 saturated heterocycles. The summed E-state index contributed by atoms with van der Waals surface area (Å²) in [5.74, 6) is 0.742. The zero-order chi connectivity index (χ0) is 21.2. The Morgan fingerprint density at radius 1 is 1.31 bits per heavy atom. The molecular weight excluding hydrogens is 366 g/mol. The van der Waals surface area contributed by atoms with Crippen molar-refractivity contribution in [2.24, 2.45) is 0 Å². The number of hydrogen-bond donors (Lipinski definition) is 2. The van der Waals surface area contributed by atoms with E-state index in [0.717, 1.165) is 22.6 Å². The van der Waals surface area contributed by atoms with Crippen molar-refractivity contribution in [1.82, 2.24) is 5.32 Å². The van der Waals surface area contributed by atoms with Crippen LogP contribution in [0.15, 0.2) is 77.8 Å². The molecule has 29 heavy (non-hydrogen) atoms. The number of benzene rings is 1. The van der Waals surface area contributed by atoms with Gasteiger partial charge in [0.2, 0.25) is 0 Å². The van der Waals surface area contributed by atoms with Crippen LogP contribution in [0, 0.1) is 11.3 Å². The maximum absolute atomic E-state index is 11.8. The molecule has 1 amide bonds. The van der Waals surface area contributed by atoms with Crippen LogP contribution in [0.3, 0.4) is 0 Å². The van der Waals surface area contributed by atoms with Gasteiger partial charge < -0.3 is 14.8 Å². The molecule has 0 aliphatic heterocycles. The lowest BCUT2D eigenvalue weighted by Crippen LogP contribution is -2.18. The number of methoxy groups -OCH3 is 1. The molecule has 2 N–H and O–H groups in total. The van der Waals surface area contributed by atoms with Crippen molar-refractivity contribution in [1.29, 1.82) is 5.26 Å². The van der Waals surface area contributed by atoms with Crippen LogP contribution in [0.5, 0.6) is 0 Å². The third-order valence-electron chi connectivity index (χ3n) is 4.23. The first-order valence-corrected chi connectivity index (χ1v) is 9.17. The molecular formula is C23H25N3O3. The predicted molar refractivity (Wildman–Crippen MR) is 115 cm³/mol. The largest absolute Gasteiger partial charge is 0.497 e. The number of nitrogens with zero attached hydrogens (tertiary/aromatic N) is 1. The van der Waals surface area contributed by atoms with Gasteiger partial charge in [-0.2, -0.15) is 5.26 Å². The Morgan fingerprint density at radius 2 is 2.03 bits per heavy atom. The molecule has 6 heteroatoms. The summed E-state index contributed by atoms with van der Waals surface area (Å²) < 4.78 is 10.4. The molecule has 6 nitrogen and oxygen atoms in total. The van der Waals surface area contributed by atoms with Crippen LogP contribution < -0.4 is 10.6 Å². The number of nitrogens with one attached hydrogen (secondary N) is 2. The third-order valence-corrected chi connectivity index (χ3v) is 4.23. The zero-order valence-corrected chi connectivity index (χ0v) is 16.9. The SMILES string of the molecule is C=CC(C)OC(=O)Nc1ccc(/C=C(\C#N)C2=CCC=C(OC)C=C2NC)cc1. The average Bonchev–Trinajstić information content (AvgIpc) is 2.95. The Bertz CT molecular complexity index is 916. The number of carbonyl (C=O) groups is 1. The van der Waals surface area contributed by atoms with Gasteiger partial charge in [0.1, 0.15) is 11.9 Å². The topological polar surface area (TPSA) is 83.4 Å². The molecule has 1 unspecified atom stereocenters. The van der Waals surface area contributed by atoms with E-state index in [2.05, 4.69) is 23.3 Å². The van der Waals surface area contributed by atoms with E-state index >= 15 is 0 Å². The van der Waals surface area contributed by atoms with Crippen LogP contribution in [-0.2, 0) is 9.47 Å². The van der Waals surface area contributed by atoms with E-state index in [0.29, 0.717) is 17.7 Å². The Morgan fingerprint density at radius 3 is 2.62 bits per heavy atom. The number of ether oxygens (including phenoxy) is 2. The van der Waals surface area contributed by atoms with Crippen LogP contribution in [0.1, 0.15) is 18.9 Å². The van der Waals surface area contributed by atoms with Crippen molar-refractivity contribution in [2.75, 3.05) is 19.5 Å². The standard InChI is InChI=1S/C23H25N3O3/c1-5-16(2)29-23(27)26-19-11-9-17(10-12-19)13-18(15-24)21-8-6-7-20(28-4)14-22(21)25-3/h5,7-14,16,25H,1,6H2,2-4H3,(H,26,27)/b18-13+. The zero-order valence-electron chi connectivity index (χ0n) is 16.9. The van der Waals surface area contributed by atoms with Crippen LogP contribution in [0.2, 0.25) is 0 Å². The summed E-state index contributed by atoms with van der Waals surface area (Å²) >= 11 is 0. The molecule has 0 bridgehead atoms. The van der Waals surface area contributed by atoms with E-state index in [4.69, 9.17) is 9.47 Å². The van der Waals surface area contributed by atoms with Crippen LogP contribution in [0.4, 0.5) is 10.5 Å². The minimum Gasteiger partial charge on any atom is -0.497 e. The van der Waals surface area contributed by atoms with Crippen molar-refractivity contribution in [2.45, 2.75) is 19.4 Å². The molecule has 1 atom stereocenters. The lowest BCUT2D eigenvalue weighted by atomic mass is 10.00. The number of likely N-dealkylation sites (N-methyl/N-ethyl adjacent to an activating group) is 1. The second-order valence-electron chi connectivity index (χ2n) is 6.24. The summed E-state index contributed by atoms with van der Waals surface area (Å²) in [5.41, 5.74) is 3.57. The number of anilines is 1. The fourth-order valence-corrected chi connectivity index (χ4v) is 2.65. The van der Waals surface area contributed by atoms with Gasteiger partial charge in [0.15, 0.2) is 0 Å². The van der Waals surface area contributed by atoms with E-state index in [9.17, 15) is 10.1 Å². The Kier molecular flexibility index (Phi) is 7.87. The van der Waals surface area contributed by atoms with Gasteiger partial charge in [-0.05, 0) is 43.2 Å². The third kappa shape index (κ3) is 6.15. The molecule has 0 radical (unpaired) electrons. The van der Waals surface area contributed by atoms with E-state index in [1.165, 1.54) is 6.08 Å². The summed E-state index contributed by atoms with van der Waals surface area (Å²) in [7, 11) is 3.42. The molecule has 1 aliphatic carbocycles. The van der Waals surface area contributed by atoms with Gasteiger partial charge in [-0.25, -0.2) is 4.79 Å². The first kappa shape index (κ1) is 21.6. The summed E-state index contributed by atoms with van der Waals surface area (Å²) in [5, 5.41) is 15.5. The minimum absolute atomic E-state index is 0.370. The van der Waals surface area contributed by atoms with Crippen molar-refractivity contribution >= 4 is 17.9 Å². The van der Waals surface area contributed by atoms with Gasteiger partial charge in [0.25, 0.3) is 0 Å². The predicted octanol–water partition coefficient (Wildman–Crippen LogP) is 4.68. The Labute approximate surface area is 171 Å². The molecule has 0 heterocycles. The first-order chi connectivity index (χ1) is 14.0. The summed E-state index contributed by atoms with van der Waals surface area (Å²) in [4.78, 5) is 11.8. The second kappa shape index (κ2) is 10.6. The average molecular weight is 391 g/mol. The molecule has 1 aromatic carbocycles. The molecule has 1 aromatic rings. The molecule has 0 fully saturated rings. The molecule has 1 aliphatic rings. The van der Waals surface area contributed by atoms with E-state index in [-0.39, 0.29) is 6.10 Å². The highest BCUT2D eigenvalue weighted by molar-refractivity contribution is 5.85. The second-order valence-corrected chi connectivity index (χ2v) is 6.24. The van der Waals surface area contributed by atoms with Crippen LogP contribution >= 0.6 is 0 Å². The van der Waals surface area contributed by atoms with Crippen LogP contribution in [-0.4, -0.2) is 26.4 Å². The smallest absolute Gasteiger partial charge is 0.412 e. The van der Waals surface area contributed by atoms with Crippen molar-refractivity contribution in [3.63, 3.8) is 0 Å². The summed E-state index contributed by atoms with van der Waals surface area (Å²) in [6, 6.07) is 9.42. The fraction of sp³-hybridized carbons (Fsp3) is 0.217. The number of carbonyl (C=O) groups excluding carboxylic acids is 1. The Hall–Kier alpha value is -3.72. The highest BCUT2D eigenvalue weighted by atomic mass is 16.6. The molecule has 0 aromatic heterocycles. The number of hydrogen-bond acceptors (Lipinski definition) is 5. The number of amides is 1. The van der Waals surface area contributed by atoms with Crippen molar-refractivity contribution in [3.05, 3.63) is 83.3 Å². The van der Waals surface area contributed by atoms with Crippen molar-refractivity contribution < 1.29 is 14.3 Å². The monoisotopic (exact) mass is 391 g/mol. The quantitative estimate of drug-likeness (QED) is 0.521. The summed E-state index contributed by atoms with van der Waals surface area (Å²) in [6.07, 6.45) is 8.88. The van der Waals surface area contributed by atoms with Gasteiger partial charge in [-0.3, -0.25) is 5.32 Å². The highest BCUT2D eigenvalue weighted by Gasteiger charge is 2.13. The van der Waals surface area contributed by atoms with Gasteiger partial charge in [-0.1, -0.05) is 30.9 Å². The number of rotatable bonds is 7. The van der Waals surface area contributed by atoms with E-state index in [1.807, 2.05) is 30.4 Å². The molecule has 0 saturated carbocycles. The lowest BCUT2D eigenvalue weighted by Gasteiger charge is -2.11. The fourth-order valence-electron chi connectivity index (χ4n) is 2.65. The summed E-state index contributed by atoms with van der Waals surface area (Å²) in [6.45, 7) is 5.30. The van der Waals surface area contributed by atoms with Crippen molar-refractivity contribution in [3.8, 4) is 6.07 Å². The van der Waals surface area contributed by atoms with E-state index < -0.39 is 6.09 Å². The van der Waals surface area contributed by atoms with Gasteiger partial charge in [-0.15, -0.1) is 0 Å². The molecule has 0 spiro atoms. The van der Waals surface area contributed by atoms with Gasteiger partial charge >= 0.3 is 6.09 Å². The normalized spacial score (nSPS) is 14.8. The minimum atomic E-state index is -0.549.